The molecule has 3 rings (SSSR count). The summed E-state index contributed by atoms with van der Waals surface area (Å²) in [5.41, 5.74) is 8.10. The van der Waals surface area contributed by atoms with E-state index in [1.807, 2.05) is 41.8 Å². The zero-order chi connectivity index (χ0) is 13.2. The van der Waals surface area contributed by atoms with E-state index in [9.17, 15) is 5.11 Å². The number of hydrogen-bond acceptors (Lipinski definition) is 5. The summed E-state index contributed by atoms with van der Waals surface area (Å²) in [7, 11) is 0. The van der Waals surface area contributed by atoms with Crippen molar-refractivity contribution in [1.29, 1.82) is 0 Å². The highest BCUT2D eigenvalue weighted by molar-refractivity contribution is 7.14. The highest BCUT2D eigenvalue weighted by Crippen LogP contribution is 2.34. The van der Waals surface area contributed by atoms with Gasteiger partial charge >= 0.3 is 0 Å². The van der Waals surface area contributed by atoms with Gasteiger partial charge in [-0.15, -0.1) is 11.3 Å². The Balaban J connectivity index is 2.14. The van der Waals surface area contributed by atoms with E-state index in [0.29, 0.717) is 10.6 Å². The first-order valence-electron chi connectivity index (χ1n) is 5.71. The molecule has 0 aliphatic carbocycles. The molecule has 2 aromatic heterocycles. The predicted molar refractivity (Wildman–Crippen MR) is 76.9 cm³/mol. The second-order valence-electron chi connectivity index (χ2n) is 4.00. The normalized spacial score (nSPS) is 10.5. The summed E-state index contributed by atoms with van der Waals surface area (Å²) >= 11 is 1.42. The Hall–Kier alpha value is -2.40. The van der Waals surface area contributed by atoms with Gasteiger partial charge in [0.05, 0.1) is 16.3 Å². The molecule has 4 nitrogen and oxygen atoms in total. The predicted octanol–water partition coefficient (Wildman–Crippen LogP) is 3.16. The molecule has 19 heavy (non-hydrogen) atoms. The molecule has 0 aliphatic heterocycles. The van der Waals surface area contributed by atoms with Gasteiger partial charge in [0.25, 0.3) is 0 Å². The van der Waals surface area contributed by atoms with Gasteiger partial charge in [0.2, 0.25) is 5.95 Å². The van der Waals surface area contributed by atoms with E-state index in [-0.39, 0.29) is 11.7 Å². The van der Waals surface area contributed by atoms with Crippen LogP contribution in [-0.4, -0.2) is 15.1 Å². The van der Waals surface area contributed by atoms with Crippen molar-refractivity contribution in [2.45, 2.75) is 0 Å². The first-order valence-corrected chi connectivity index (χ1v) is 6.59. The molecule has 0 atom stereocenters. The van der Waals surface area contributed by atoms with E-state index >= 15 is 0 Å². The lowest BCUT2D eigenvalue weighted by molar-refractivity contribution is 0.479. The third kappa shape index (κ3) is 2.28. The minimum Gasteiger partial charge on any atom is -0.506 e. The van der Waals surface area contributed by atoms with Crippen molar-refractivity contribution in [3.8, 4) is 27.6 Å². The summed E-state index contributed by atoms with van der Waals surface area (Å²) in [6.07, 6.45) is 0. The lowest BCUT2D eigenvalue weighted by atomic mass is 10.1. The van der Waals surface area contributed by atoms with Crippen LogP contribution in [0.1, 0.15) is 0 Å². The van der Waals surface area contributed by atoms with Crippen molar-refractivity contribution in [3.05, 3.63) is 47.8 Å². The van der Waals surface area contributed by atoms with Gasteiger partial charge in [-0.05, 0) is 17.5 Å². The van der Waals surface area contributed by atoms with Gasteiger partial charge in [-0.3, -0.25) is 0 Å². The van der Waals surface area contributed by atoms with Gasteiger partial charge in [-0.2, -0.15) is 0 Å². The molecular weight excluding hydrogens is 258 g/mol. The van der Waals surface area contributed by atoms with Crippen LogP contribution in [0.15, 0.2) is 47.8 Å². The van der Waals surface area contributed by atoms with Crippen LogP contribution in [0.4, 0.5) is 5.95 Å². The number of anilines is 1. The minimum atomic E-state index is 0.198. The van der Waals surface area contributed by atoms with Crippen LogP contribution in [-0.2, 0) is 0 Å². The third-order valence-corrected chi connectivity index (χ3v) is 3.62. The van der Waals surface area contributed by atoms with E-state index in [2.05, 4.69) is 9.97 Å². The van der Waals surface area contributed by atoms with E-state index in [1.165, 1.54) is 11.3 Å². The number of rotatable bonds is 2. The lowest BCUT2D eigenvalue weighted by Gasteiger charge is -2.05. The van der Waals surface area contributed by atoms with E-state index in [1.54, 1.807) is 6.07 Å². The summed E-state index contributed by atoms with van der Waals surface area (Å²) in [5.74, 6) is 0.409. The zero-order valence-corrected chi connectivity index (χ0v) is 10.8. The van der Waals surface area contributed by atoms with Gasteiger partial charge in [-0.1, -0.05) is 30.3 Å². The molecule has 0 unspecified atom stereocenters. The van der Waals surface area contributed by atoms with E-state index in [0.717, 1.165) is 11.3 Å². The second kappa shape index (κ2) is 4.70. The molecule has 0 spiro atoms. The molecule has 0 fully saturated rings. The SMILES string of the molecule is Nc1nc(-c2ccccc2)cc(-c2sccc2O)n1. The second-order valence-corrected chi connectivity index (χ2v) is 4.91. The Morgan fingerprint density at radius 2 is 1.74 bits per heavy atom. The number of nitrogens with two attached hydrogens (primary N) is 1. The number of nitrogen functional groups attached to an aromatic ring is 1. The molecule has 0 radical (unpaired) electrons. The molecule has 0 saturated carbocycles. The molecule has 3 N–H and O–H groups in total. The summed E-state index contributed by atoms with van der Waals surface area (Å²) in [4.78, 5) is 9.11. The van der Waals surface area contributed by atoms with Gasteiger partial charge in [0.1, 0.15) is 5.75 Å². The molecular formula is C14H11N3OS. The van der Waals surface area contributed by atoms with Gasteiger partial charge in [0.15, 0.2) is 0 Å². The molecule has 0 aliphatic rings. The monoisotopic (exact) mass is 269 g/mol. The van der Waals surface area contributed by atoms with Gasteiger partial charge in [-0.25, -0.2) is 9.97 Å². The highest BCUT2D eigenvalue weighted by atomic mass is 32.1. The summed E-state index contributed by atoms with van der Waals surface area (Å²) < 4.78 is 0. The van der Waals surface area contributed by atoms with Crippen molar-refractivity contribution in [2.75, 3.05) is 5.73 Å². The number of aromatic hydroxyl groups is 1. The standard InChI is InChI=1S/C14H11N3OS/c15-14-16-10(9-4-2-1-3-5-9)8-11(17-14)13-12(18)6-7-19-13/h1-8,18H,(H2,15,16,17). The fourth-order valence-corrected chi connectivity index (χ4v) is 2.58. The molecule has 0 bridgehead atoms. The first-order chi connectivity index (χ1) is 9.24. The number of nitrogens with zero attached hydrogens (tertiary/aromatic N) is 2. The maximum Gasteiger partial charge on any atom is 0.221 e. The quantitative estimate of drug-likeness (QED) is 0.749. The van der Waals surface area contributed by atoms with E-state index in [4.69, 9.17) is 5.73 Å². The Morgan fingerprint density at radius 1 is 1.00 bits per heavy atom. The Labute approximate surface area is 114 Å². The highest BCUT2D eigenvalue weighted by Gasteiger charge is 2.11. The van der Waals surface area contributed by atoms with Crippen LogP contribution in [0.25, 0.3) is 21.8 Å². The first kappa shape index (κ1) is 11.7. The minimum absolute atomic E-state index is 0.198. The van der Waals surface area contributed by atoms with Crippen LogP contribution in [0.3, 0.4) is 0 Å². The number of thiophene rings is 1. The molecule has 0 saturated heterocycles. The lowest BCUT2D eigenvalue weighted by Crippen LogP contribution is -1.98. The van der Waals surface area contributed by atoms with Crippen molar-refractivity contribution in [2.24, 2.45) is 0 Å². The maximum absolute atomic E-state index is 9.77. The van der Waals surface area contributed by atoms with Crippen LogP contribution < -0.4 is 5.73 Å². The topological polar surface area (TPSA) is 72.0 Å². The molecule has 94 valence electrons. The van der Waals surface area contributed by atoms with Crippen molar-refractivity contribution in [3.63, 3.8) is 0 Å². The molecule has 0 amide bonds. The smallest absolute Gasteiger partial charge is 0.221 e. The Kier molecular flexibility index (Phi) is 2.89. The van der Waals surface area contributed by atoms with Gasteiger partial charge < -0.3 is 10.8 Å². The summed E-state index contributed by atoms with van der Waals surface area (Å²) in [6.45, 7) is 0. The van der Waals surface area contributed by atoms with Crippen LogP contribution in [0.2, 0.25) is 0 Å². The van der Waals surface area contributed by atoms with Crippen molar-refractivity contribution >= 4 is 17.3 Å². The number of aromatic nitrogens is 2. The van der Waals surface area contributed by atoms with Crippen LogP contribution in [0, 0.1) is 0 Å². The summed E-state index contributed by atoms with van der Waals surface area (Å²) in [5, 5.41) is 11.6. The van der Waals surface area contributed by atoms with E-state index < -0.39 is 0 Å². The molecule has 3 aromatic rings. The zero-order valence-electron chi connectivity index (χ0n) is 9.95. The average Bonchev–Trinajstić information content (AvgIpc) is 2.85. The Morgan fingerprint density at radius 3 is 2.42 bits per heavy atom. The average molecular weight is 269 g/mol. The van der Waals surface area contributed by atoms with Gasteiger partial charge in [0, 0.05) is 5.56 Å². The fraction of sp³-hybridized carbons (Fsp3) is 0. The Bertz CT molecular complexity index is 710. The summed E-state index contributed by atoms with van der Waals surface area (Å²) in [6, 6.07) is 13.2. The van der Waals surface area contributed by atoms with Crippen LogP contribution in [0.5, 0.6) is 5.75 Å². The molecule has 5 heteroatoms. The number of benzene rings is 1. The molecule has 2 heterocycles. The van der Waals surface area contributed by atoms with Crippen molar-refractivity contribution < 1.29 is 5.11 Å². The van der Waals surface area contributed by atoms with Crippen molar-refractivity contribution in [1.82, 2.24) is 9.97 Å². The molecule has 1 aromatic carbocycles. The third-order valence-electron chi connectivity index (χ3n) is 2.69. The largest absolute Gasteiger partial charge is 0.506 e. The number of hydrogen-bond donors (Lipinski definition) is 2. The maximum atomic E-state index is 9.77. The van der Waals surface area contributed by atoms with Crippen LogP contribution >= 0.6 is 11.3 Å². The fourth-order valence-electron chi connectivity index (χ4n) is 1.83.